The van der Waals surface area contributed by atoms with Crippen LogP contribution in [0.5, 0.6) is 5.75 Å². The summed E-state index contributed by atoms with van der Waals surface area (Å²) in [4.78, 5) is 31.8. The number of hydrogen-bond acceptors (Lipinski definition) is 5. The summed E-state index contributed by atoms with van der Waals surface area (Å²) in [6, 6.07) is 27.6. The molecule has 0 aromatic heterocycles. The van der Waals surface area contributed by atoms with Crippen molar-refractivity contribution >= 4 is 39.6 Å². The van der Waals surface area contributed by atoms with Crippen LogP contribution >= 0.6 is 0 Å². The highest BCUT2D eigenvalue weighted by Crippen LogP contribution is 2.31. The first kappa shape index (κ1) is 27.6. The molecule has 4 aromatic rings. The number of rotatable bonds is 7. The van der Waals surface area contributed by atoms with Gasteiger partial charge in [0.2, 0.25) is 0 Å². The zero-order chi connectivity index (χ0) is 28.9. The van der Waals surface area contributed by atoms with Gasteiger partial charge in [0.05, 0.1) is 18.4 Å². The number of anilines is 3. The first-order chi connectivity index (χ1) is 20.6. The van der Waals surface area contributed by atoms with Crippen LogP contribution in [0.3, 0.4) is 0 Å². The summed E-state index contributed by atoms with van der Waals surface area (Å²) in [7, 11) is 1.70. The Morgan fingerprint density at radius 1 is 0.714 bits per heavy atom. The van der Waals surface area contributed by atoms with Gasteiger partial charge < -0.3 is 25.2 Å². The minimum atomic E-state index is -0.191. The third-order valence-electron chi connectivity index (χ3n) is 8.52. The molecule has 1 aliphatic heterocycles. The number of methoxy groups -OCH3 is 1. The molecule has 0 unspecified atom stereocenters. The monoisotopic (exact) mass is 562 g/mol. The molecule has 2 N–H and O–H groups in total. The molecule has 1 saturated heterocycles. The molecule has 7 nitrogen and oxygen atoms in total. The van der Waals surface area contributed by atoms with E-state index in [1.807, 2.05) is 78.9 Å². The van der Waals surface area contributed by atoms with E-state index >= 15 is 0 Å². The molecule has 0 atom stereocenters. The van der Waals surface area contributed by atoms with Gasteiger partial charge >= 0.3 is 0 Å². The van der Waals surface area contributed by atoms with Gasteiger partial charge in [-0.3, -0.25) is 9.59 Å². The van der Waals surface area contributed by atoms with Crippen LogP contribution in [0.1, 0.15) is 52.8 Å². The summed E-state index contributed by atoms with van der Waals surface area (Å²) < 4.78 is 5.59. The Kier molecular flexibility index (Phi) is 8.26. The van der Waals surface area contributed by atoms with Gasteiger partial charge in [0.15, 0.2) is 0 Å². The van der Waals surface area contributed by atoms with E-state index in [0.717, 1.165) is 79.8 Å². The Labute approximate surface area is 247 Å². The van der Waals surface area contributed by atoms with Crippen LogP contribution in [0.15, 0.2) is 84.9 Å². The number of ether oxygens (including phenoxy) is 1. The maximum atomic E-state index is 13.8. The van der Waals surface area contributed by atoms with Crippen molar-refractivity contribution in [3.05, 3.63) is 96.1 Å². The Morgan fingerprint density at radius 2 is 1.40 bits per heavy atom. The number of amides is 2. The number of carbonyl (C=O) groups excluding carboxylic acids is 2. The molecule has 216 valence electrons. The summed E-state index contributed by atoms with van der Waals surface area (Å²) in [5.41, 5.74) is 3.80. The Morgan fingerprint density at radius 3 is 2.19 bits per heavy atom. The molecule has 0 bridgehead atoms. The second kappa shape index (κ2) is 12.6. The third-order valence-corrected chi connectivity index (χ3v) is 8.52. The van der Waals surface area contributed by atoms with Crippen molar-refractivity contribution in [2.75, 3.05) is 48.4 Å². The maximum absolute atomic E-state index is 13.8. The second-order valence-electron chi connectivity index (χ2n) is 11.2. The Balaban J connectivity index is 1.25. The lowest BCUT2D eigenvalue weighted by atomic mass is 9.95. The van der Waals surface area contributed by atoms with Crippen molar-refractivity contribution in [2.24, 2.45) is 0 Å². The van der Waals surface area contributed by atoms with Crippen molar-refractivity contribution in [1.29, 1.82) is 0 Å². The minimum Gasteiger partial charge on any atom is -0.495 e. The van der Waals surface area contributed by atoms with Crippen LogP contribution in [-0.2, 0) is 0 Å². The van der Waals surface area contributed by atoms with E-state index in [4.69, 9.17) is 4.74 Å². The zero-order valence-corrected chi connectivity index (χ0v) is 24.1. The third kappa shape index (κ3) is 5.91. The fourth-order valence-corrected chi connectivity index (χ4v) is 6.28. The summed E-state index contributed by atoms with van der Waals surface area (Å²) in [6.07, 6.45) is 5.53. The maximum Gasteiger partial charge on any atom is 0.256 e. The number of piperazine rings is 1. The highest BCUT2D eigenvalue weighted by molar-refractivity contribution is 6.13. The van der Waals surface area contributed by atoms with Gasteiger partial charge in [-0.2, -0.15) is 0 Å². The molecular weight excluding hydrogens is 524 g/mol. The molecule has 0 radical (unpaired) electrons. The number of fused-ring (bicyclic) bond motifs is 1. The van der Waals surface area contributed by atoms with Gasteiger partial charge in [-0.05, 0) is 60.0 Å². The van der Waals surface area contributed by atoms with Crippen molar-refractivity contribution < 1.29 is 14.3 Å². The van der Waals surface area contributed by atoms with Crippen LogP contribution in [0.2, 0.25) is 0 Å². The quantitative estimate of drug-likeness (QED) is 0.269. The van der Waals surface area contributed by atoms with Crippen LogP contribution in [-0.4, -0.2) is 51.1 Å². The lowest BCUT2D eigenvalue weighted by Crippen LogP contribution is -2.47. The molecule has 0 spiro atoms. The molecule has 2 fully saturated rings. The van der Waals surface area contributed by atoms with Crippen LogP contribution in [0.25, 0.3) is 10.8 Å². The number of nitrogens with zero attached hydrogens (tertiary/aromatic N) is 2. The standard InChI is InChI=1S/C35H38N4O3/c1-42-33-17-8-7-16-32(33)39-22-20-38(21-23-39)31-19-18-27(24-30(31)35(41)36-26-12-3-2-4-13-26)37-34(40)29-15-9-11-25-10-5-6-14-28(25)29/h5-11,14-19,24,26H,2-4,12-13,20-23H2,1H3,(H,36,41)(H,37,40). The molecule has 6 rings (SSSR count). The molecule has 42 heavy (non-hydrogen) atoms. The fraction of sp³-hybridized carbons (Fsp3) is 0.314. The van der Waals surface area contributed by atoms with Gasteiger partial charge in [0.1, 0.15) is 5.75 Å². The first-order valence-corrected chi connectivity index (χ1v) is 15.0. The summed E-state index contributed by atoms with van der Waals surface area (Å²) in [5.74, 6) is 0.596. The predicted molar refractivity (Wildman–Crippen MR) is 170 cm³/mol. The number of hydrogen-bond donors (Lipinski definition) is 2. The van der Waals surface area contributed by atoms with Gasteiger partial charge in [-0.15, -0.1) is 0 Å². The predicted octanol–water partition coefficient (Wildman–Crippen LogP) is 6.49. The van der Waals surface area contributed by atoms with Crippen molar-refractivity contribution in [1.82, 2.24) is 5.32 Å². The van der Waals surface area contributed by atoms with Crippen molar-refractivity contribution in [2.45, 2.75) is 38.1 Å². The van der Waals surface area contributed by atoms with E-state index in [1.54, 1.807) is 7.11 Å². The van der Waals surface area contributed by atoms with E-state index < -0.39 is 0 Å². The lowest BCUT2D eigenvalue weighted by molar-refractivity contribution is 0.0927. The zero-order valence-electron chi connectivity index (χ0n) is 24.1. The van der Waals surface area contributed by atoms with Crippen molar-refractivity contribution in [3.8, 4) is 5.75 Å². The van der Waals surface area contributed by atoms with Crippen LogP contribution < -0.4 is 25.2 Å². The van der Waals surface area contributed by atoms with Crippen LogP contribution in [0.4, 0.5) is 17.1 Å². The fourth-order valence-electron chi connectivity index (χ4n) is 6.28. The average molecular weight is 563 g/mol. The number of carbonyl (C=O) groups is 2. The van der Waals surface area contributed by atoms with Gasteiger partial charge in [-0.25, -0.2) is 0 Å². The van der Waals surface area contributed by atoms with E-state index in [9.17, 15) is 9.59 Å². The van der Waals surface area contributed by atoms with Crippen molar-refractivity contribution in [3.63, 3.8) is 0 Å². The van der Waals surface area contributed by atoms with E-state index in [1.165, 1.54) is 6.42 Å². The molecule has 4 aromatic carbocycles. The first-order valence-electron chi connectivity index (χ1n) is 15.0. The molecule has 2 amide bonds. The molecule has 1 saturated carbocycles. The Bertz CT molecular complexity index is 1570. The molecule has 1 heterocycles. The largest absolute Gasteiger partial charge is 0.495 e. The molecule has 1 aliphatic carbocycles. The smallest absolute Gasteiger partial charge is 0.256 e. The summed E-state index contributed by atoms with van der Waals surface area (Å²) >= 11 is 0. The molecular formula is C35H38N4O3. The highest BCUT2D eigenvalue weighted by Gasteiger charge is 2.25. The summed E-state index contributed by atoms with van der Waals surface area (Å²) in [5, 5.41) is 8.27. The second-order valence-corrected chi connectivity index (χ2v) is 11.2. The Hall–Kier alpha value is -4.52. The van der Waals surface area contributed by atoms with E-state index in [2.05, 4.69) is 26.5 Å². The van der Waals surface area contributed by atoms with Gasteiger partial charge in [0, 0.05) is 49.2 Å². The molecule has 2 aliphatic rings. The lowest BCUT2D eigenvalue weighted by Gasteiger charge is -2.38. The topological polar surface area (TPSA) is 73.9 Å². The summed E-state index contributed by atoms with van der Waals surface area (Å²) in [6.45, 7) is 3.15. The normalized spacial score (nSPS) is 15.8. The number of benzene rings is 4. The van der Waals surface area contributed by atoms with E-state index in [0.29, 0.717) is 16.8 Å². The number of para-hydroxylation sites is 2. The number of nitrogens with one attached hydrogen (secondary N) is 2. The van der Waals surface area contributed by atoms with Gasteiger partial charge in [-0.1, -0.05) is 67.8 Å². The molecule has 7 heteroatoms. The van der Waals surface area contributed by atoms with Crippen LogP contribution in [0, 0.1) is 0 Å². The SMILES string of the molecule is COc1ccccc1N1CCN(c2ccc(NC(=O)c3cccc4ccccc34)cc2C(=O)NC2CCCCC2)CC1. The minimum absolute atomic E-state index is 0.0784. The highest BCUT2D eigenvalue weighted by atomic mass is 16.5. The van der Waals surface area contributed by atoms with Gasteiger partial charge in [0.25, 0.3) is 11.8 Å². The average Bonchev–Trinajstić information content (AvgIpc) is 3.05. The van der Waals surface area contributed by atoms with E-state index in [-0.39, 0.29) is 17.9 Å².